The van der Waals surface area contributed by atoms with Crippen LogP contribution in [-0.4, -0.2) is 223 Å². The molecule has 510 valence electrons. The number of carbonyl (C=O) groups is 10. The number of likely N-dealkylation sites (tertiary alicyclic amines) is 1. The molecule has 0 aromatic carbocycles. The first kappa shape index (κ1) is 78.8. The molecule has 10 atom stereocenters. The number of hydrogen-bond acceptors (Lipinski definition) is 22. The number of hydrogen-bond donors (Lipinski definition) is 22. The summed E-state index contributed by atoms with van der Waals surface area (Å²) in [7, 11) is 0. The summed E-state index contributed by atoms with van der Waals surface area (Å²) in [4.78, 5) is 147. The summed E-state index contributed by atoms with van der Waals surface area (Å²) in [5, 5.41) is 52.2. The maximum Gasteiger partial charge on any atom is 0.247 e. The Morgan fingerprint density at radius 3 is 1.81 bits per heavy atom. The van der Waals surface area contributed by atoms with Gasteiger partial charge in [-0.05, 0) is 135 Å². The predicted molar refractivity (Wildman–Crippen MR) is 335 cm³/mol. The van der Waals surface area contributed by atoms with Crippen LogP contribution in [0.2, 0.25) is 0 Å². The van der Waals surface area contributed by atoms with Crippen LogP contribution >= 0.6 is 0 Å². The van der Waals surface area contributed by atoms with E-state index in [1.54, 1.807) is 6.08 Å². The van der Waals surface area contributed by atoms with E-state index in [0.29, 0.717) is 96.1 Å². The smallest absolute Gasteiger partial charge is 0.247 e. The number of Topliss-reactive ketones (excluding diaryl/α,β-unsaturated/α-hetero) is 1. The van der Waals surface area contributed by atoms with E-state index in [4.69, 9.17) is 57.0 Å². The number of ketones is 1. The number of carbonyl (C=O) groups excluding carboxylic acids is 10. The van der Waals surface area contributed by atoms with Crippen molar-refractivity contribution in [2.75, 3.05) is 72.0 Å². The molecule has 1 aliphatic rings. The van der Waals surface area contributed by atoms with E-state index in [1.165, 1.54) is 17.4 Å². The number of imidazole rings is 1. The number of rotatable bonds is 48. The largest absolute Gasteiger partial charge is 0.389 e. The molecule has 0 radical (unpaired) electrons. The van der Waals surface area contributed by atoms with Gasteiger partial charge in [0.15, 0.2) is 11.7 Å². The zero-order chi connectivity index (χ0) is 67.0. The Labute approximate surface area is 525 Å². The van der Waals surface area contributed by atoms with Gasteiger partial charge in [-0.15, -0.1) is 0 Å². The van der Waals surface area contributed by atoms with Crippen LogP contribution in [0.25, 0.3) is 0 Å². The number of nitrogens with zero attached hydrogens (tertiary/aromatic N) is 2. The second-order valence-electron chi connectivity index (χ2n) is 22.0. The van der Waals surface area contributed by atoms with Crippen LogP contribution in [0, 0.1) is 5.41 Å². The van der Waals surface area contributed by atoms with Crippen molar-refractivity contribution in [2.45, 2.75) is 183 Å². The quantitative estimate of drug-likeness (QED) is 0.0125. The second-order valence-corrected chi connectivity index (χ2v) is 22.0. The molecule has 0 unspecified atom stereocenters. The van der Waals surface area contributed by atoms with Crippen LogP contribution < -0.4 is 99.5 Å². The van der Waals surface area contributed by atoms with Gasteiger partial charge in [0, 0.05) is 63.0 Å². The Bertz CT molecular complexity index is 2420. The highest BCUT2D eigenvalue weighted by atomic mass is 16.3. The maximum atomic E-state index is 14.5. The van der Waals surface area contributed by atoms with Crippen molar-refractivity contribution in [1.29, 1.82) is 5.41 Å². The van der Waals surface area contributed by atoms with Crippen molar-refractivity contribution >= 4 is 64.9 Å². The molecule has 31 N–H and O–H groups in total. The zero-order valence-corrected chi connectivity index (χ0v) is 51.8. The van der Waals surface area contributed by atoms with Crippen molar-refractivity contribution in [3.05, 3.63) is 29.9 Å². The first-order chi connectivity index (χ1) is 43.1. The van der Waals surface area contributed by atoms with Gasteiger partial charge >= 0.3 is 0 Å². The fourth-order valence-corrected chi connectivity index (χ4v) is 9.68. The molecule has 1 fully saturated rings. The van der Waals surface area contributed by atoms with Gasteiger partial charge in [-0.1, -0.05) is 12.5 Å². The third-order valence-electron chi connectivity index (χ3n) is 14.9. The van der Waals surface area contributed by atoms with Crippen LogP contribution in [0.3, 0.4) is 0 Å². The van der Waals surface area contributed by atoms with Crippen LogP contribution in [0.1, 0.15) is 121 Å². The number of aromatic amines is 1. The molecule has 34 heteroatoms. The number of nitrogens with one attached hydrogen (secondary N) is 11. The molecule has 1 aromatic rings. The average molecular weight is 1280 g/mol. The summed E-state index contributed by atoms with van der Waals surface area (Å²) in [6, 6.07) is -10.5. The molecule has 1 aliphatic heterocycles. The lowest BCUT2D eigenvalue weighted by Gasteiger charge is -2.30. The monoisotopic (exact) mass is 1280 g/mol. The SMILES string of the molecule is N=C(N)NCC/C=C(\CCC(=O)[C@H](CCCCN)NC(=O)[C@H](Cc1cnc[nH]1)NC(=O)[C@@H]1CCCN1C(=O)[C@@H](CCCN)NC(=O)CNC(=O)[C@@H](NC(=O)[C@@H](NC(=O)[C@H](N)CCCCN)[C@@H](O)CN)[C@@H](O)CN)C(=O)N[C@@H](CCCCN)C(=O)NCCCCN. The molecule has 2 rings (SSSR count). The van der Waals surface area contributed by atoms with E-state index in [-0.39, 0.29) is 95.5 Å². The van der Waals surface area contributed by atoms with Gasteiger partial charge in [-0.2, -0.15) is 0 Å². The predicted octanol–water partition coefficient (Wildman–Crippen LogP) is -7.94. The van der Waals surface area contributed by atoms with Crippen molar-refractivity contribution < 1.29 is 58.2 Å². The van der Waals surface area contributed by atoms with E-state index in [0.717, 1.165) is 0 Å². The van der Waals surface area contributed by atoms with Crippen LogP contribution in [-0.2, 0) is 54.4 Å². The molecule has 0 aliphatic carbocycles. The molecule has 34 nitrogen and oxygen atoms in total. The maximum absolute atomic E-state index is 14.5. The molecule has 2 heterocycles. The molecular formula is C56H104N22O12. The minimum Gasteiger partial charge on any atom is -0.389 e. The fourth-order valence-electron chi connectivity index (χ4n) is 9.68. The van der Waals surface area contributed by atoms with Gasteiger partial charge in [0.25, 0.3) is 0 Å². The number of nitrogens with two attached hydrogens (primary N) is 9. The highest BCUT2D eigenvalue weighted by Gasteiger charge is 2.40. The lowest BCUT2D eigenvalue weighted by atomic mass is 9.97. The minimum atomic E-state index is -1.83. The molecule has 90 heavy (non-hydrogen) atoms. The summed E-state index contributed by atoms with van der Waals surface area (Å²) in [6.07, 6.45) is 6.55. The fraction of sp³-hybridized carbons (Fsp3) is 0.714. The van der Waals surface area contributed by atoms with Crippen LogP contribution in [0.5, 0.6) is 0 Å². The lowest BCUT2D eigenvalue weighted by molar-refractivity contribution is -0.142. The molecule has 0 saturated carbocycles. The summed E-state index contributed by atoms with van der Waals surface area (Å²) in [5.41, 5.74) is 51.8. The molecule has 1 saturated heterocycles. The first-order valence-corrected chi connectivity index (χ1v) is 31.1. The van der Waals surface area contributed by atoms with E-state index < -0.39 is 139 Å². The number of aliphatic hydroxyl groups excluding tert-OH is 2. The Balaban J connectivity index is 2.35. The third kappa shape index (κ3) is 29.6. The number of aliphatic hydroxyl groups is 2. The van der Waals surface area contributed by atoms with Gasteiger partial charge < -0.3 is 120 Å². The van der Waals surface area contributed by atoms with Gasteiger partial charge in [0.1, 0.15) is 36.3 Å². The van der Waals surface area contributed by atoms with Gasteiger partial charge in [0.05, 0.1) is 37.2 Å². The van der Waals surface area contributed by atoms with Crippen molar-refractivity contribution in [1.82, 2.24) is 62.7 Å². The molecule has 0 spiro atoms. The first-order valence-electron chi connectivity index (χ1n) is 31.1. The van der Waals surface area contributed by atoms with Crippen LogP contribution in [0.15, 0.2) is 24.2 Å². The number of amides is 9. The molecular weight excluding hydrogens is 1170 g/mol. The van der Waals surface area contributed by atoms with Gasteiger partial charge in [0.2, 0.25) is 53.2 Å². The average Bonchev–Trinajstić information content (AvgIpc) is 1.90. The van der Waals surface area contributed by atoms with Crippen molar-refractivity contribution in [3.8, 4) is 0 Å². The Hall–Kier alpha value is -7.28. The van der Waals surface area contributed by atoms with Gasteiger partial charge in [-0.3, -0.25) is 53.4 Å². The Morgan fingerprint density at radius 1 is 0.622 bits per heavy atom. The summed E-state index contributed by atoms with van der Waals surface area (Å²) in [6.45, 7) is 0.300. The summed E-state index contributed by atoms with van der Waals surface area (Å²) in [5.74, 6) is -7.86. The van der Waals surface area contributed by atoms with E-state index >= 15 is 0 Å². The second kappa shape index (κ2) is 45.0. The van der Waals surface area contributed by atoms with Crippen LogP contribution in [0.4, 0.5) is 0 Å². The van der Waals surface area contributed by atoms with Gasteiger partial charge in [-0.25, -0.2) is 4.98 Å². The highest BCUT2D eigenvalue weighted by molar-refractivity contribution is 5.99. The molecule has 1 aromatic heterocycles. The number of H-pyrrole nitrogens is 1. The number of unbranched alkanes of at least 4 members (excludes halogenated alkanes) is 4. The lowest BCUT2D eigenvalue weighted by Crippen LogP contribution is -2.63. The topological polar surface area (TPSA) is 609 Å². The number of guanidine groups is 1. The Morgan fingerprint density at radius 2 is 1.21 bits per heavy atom. The zero-order valence-electron chi connectivity index (χ0n) is 51.8. The highest BCUT2D eigenvalue weighted by Crippen LogP contribution is 2.21. The standard InChI is InChI=1S/C56H104N22O12/c57-20-4-1-13-36(64)49(84)76-47(44(81)30-63)54(89)77-46(43(80)29-62)53(88)70-32-45(82)72-39(16-9-24-61)55(90)78-27-11-17-41(78)52(87)75-40(28-35-31-67-33-71-35)51(86)73-37(14-2-5-21-58)42(79)19-18-34(12-10-26-69-56(65)66)48(83)74-38(15-3-6-22-59)50(85)68-25-8-7-23-60/h12,31,33,36-41,43-44,46-47,80-81H,1-11,13-30,32,57-64H2,(H,67,71)(H,68,85)(H,70,88)(H,72,82)(H,73,86)(H,74,83)(H,75,87)(H,76,84)(H,77,89)(H4,65,66,69)/b34-12+/t36-,37+,38+,39-,40+,41+,43+,44+,46+,47+/m1/s1. The van der Waals surface area contributed by atoms with Crippen molar-refractivity contribution in [3.63, 3.8) is 0 Å². The molecule has 0 bridgehead atoms. The minimum absolute atomic E-state index is 0.00990. The Kier molecular flexibility index (Phi) is 39.4. The normalized spacial score (nSPS) is 16.1. The van der Waals surface area contributed by atoms with E-state index in [1.807, 2.05) is 0 Å². The third-order valence-corrected chi connectivity index (χ3v) is 14.9. The van der Waals surface area contributed by atoms with Crippen molar-refractivity contribution in [2.24, 2.45) is 51.6 Å². The summed E-state index contributed by atoms with van der Waals surface area (Å²) >= 11 is 0. The summed E-state index contributed by atoms with van der Waals surface area (Å²) < 4.78 is 0. The number of aromatic nitrogens is 2. The van der Waals surface area contributed by atoms with E-state index in [2.05, 4.69) is 57.8 Å². The van der Waals surface area contributed by atoms with E-state index in [9.17, 15) is 58.2 Å². The molecule has 9 amide bonds.